The minimum atomic E-state index is -1.37. The van der Waals surface area contributed by atoms with Gasteiger partial charge in [0.15, 0.2) is 6.10 Å². The van der Waals surface area contributed by atoms with E-state index in [9.17, 15) is 4.79 Å². The van der Waals surface area contributed by atoms with E-state index in [-0.39, 0.29) is 0 Å². The van der Waals surface area contributed by atoms with E-state index >= 15 is 0 Å². The molecule has 0 amide bonds. The highest BCUT2D eigenvalue weighted by Gasteiger charge is 2.14. The summed E-state index contributed by atoms with van der Waals surface area (Å²) in [7, 11) is 0. The molecule has 1 atom stereocenters. The molecular weight excluding hydrogens is 152 g/mol. The van der Waals surface area contributed by atoms with Crippen LogP contribution in [0.3, 0.4) is 0 Å². The van der Waals surface area contributed by atoms with Crippen molar-refractivity contribution in [1.29, 1.82) is 0 Å². The molecule has 3 nitrogen and oxygen atoms in total. The Morgan fingerprint density at radius 1 is 1.70 bits per heavy atom. The maximum atomic E-state index is 10.2. The smallest absolute Gasteiger partial charge is 0.337 e. The third-order valence-corrected chi connectivity index (χ3v) is 1.79. The fourth-order valence-corrected chi connectivity index (χ4v) is 1.25. The van der Waals surface area contributed by atoms with E-state index in [0.29, 0.717) is 5.56 Å². The van der Waals surface area contributed by atoms with Gasteiger partial charge in [-0.2, -0.15) is 11.3 Å². The molecule has 1 heterocycles. The van der Waals surface area contributed by atoms with Gasteiger partial charge in [0.1, 0.15) is 0 Å². The van der Waals surface area contributed by atoms with Crippen molar-refractivity contribution in [1.82, 2.24) is 0 Å². The molecule has 0 aromatic carbocycles. The molecule has 0 fully saturated rings. The SMILES string of the molecule is O=C(O)[C@H](O)c1ccsc1. The lowest BCUT2D eigenvalue weighted by Gasteiger charge is -1.99. The average Bonchev–Trinajstić information content (AvgIpc) is 2.36. The first-order valence-electron chi connectivity index (χ1n) is 2.65. The van der Waals surface area contributed by atoms with Crippen molar-refractivity contribution in [3.63, 3.8) is 0 Å². The quantitative estimate of drug-likeness (QED) is 0.671. The zero-order chi connectivity index (χ0) is 7.56. The van der Waals surface area contributed by atoms with E-state index in [1.54, 1.807) is 16.8 Å². The van der Waals surface area contributed by atoms with Gasteiger partial charge in [-0.3, -0.25) is 0 Å². The topological polar surface area (TPSA) is 57.5 Å². The minimum Gasteiger partial charge on any atom is -0.479 e. The standard InChI is InChI=1S/C6H6O3S/c7-5(6(8)9)4-1-2-10-3-4/h1-3,5,7H,(H,8,9)/t5-/m1/s1. The average molecular weight is 158 g/mol. The molecule has 1 aromatic rings. The summed E-state index contributed by atoms with van der Waals surface area (Å²) in [5.41, 5.74) is 0.442. The van der Waals surface area contributed by atoms with Gasteiger partial charge in [0.2, 0.25) is 0 Å². The molecule has 0 bridgehead atoms. The number of carboxylic acids is 1. The zero-order valence-corrected chi connectivity index (χ0v) is 5.84. The monoisotopic (exact) mass is 158 g/mol. The largest absolute Gasteiger partial charge is 0.479 e. The molecule has 4 heteroatoms. The van der Waals surface area contributed by atoms with Gasteiger partial charge in [0.25, 0.3) is 0 Å². The van der Waals surface area contributed by atoms with Crippen LogP contribution in [-0.2, 0) is 4.79 Å². The molecule has 0 aliphatic rings. The van der Waals surface area contributed by atoms with Gasteiger partial charge in [0, 0.05) is 5.56 Å². The summed E-state index contributed by atoms with van der Waals surface area (Å²) in [5.74, 6) is -1.21. The number of aliphatic carboxylic acids is 1. The van der Waals surface area contributed by atoms with Gasteiger partial charge < -0.3 is 10.2 Å². The predicted octanol–water partition coefficient (Wildman–Crippen LogP) is 0.866. The van der Waals surface area contributed by atoms with Gasteiger partial charge in [-0.1, -0.05) is 0 Å². The Morgan fingerprint density at radius 3 is 2.80 bits per heavy atom. The molecule has 0 radical (unpaired) electrons. The summed E-state index contributed by atoms with van der Waals surface area (Å²) in [6, 6.07) is 1.59. The molecule has 1 aromatic heterocycles. The van der Waals surface area contributed by atoms with Crippen LogP contribution < -0.4 is 0 Å². The van der Waals surface area contributed by atoms with E-state index < -0.39 is 12.1 Å². The molecule has 0 aliphatic carbocycles. The molecular formula is C6H6O3S. The lowest BCUT2D eigenvalue weighted by molar-refractivity contribution is -0.146. The van der Waals surface area contributed by atoms with Crippen molar-refractivity contribution in [3.8, 4) is 0 Å². The minimum absolute atomic E-state index is 0.442. The molecule has 0 aliphatic heterocycles. The van der Waals surface area contributed by atoms with Crippen LogP contribution in [0.1, 0.15) is 11.7 Å². The molecule has 54 valence electrons. The zero-order valence-electron chi connectivity index (χ0n) is 5.02. The van der Waals surface area contributed by atoms with Crippen molar-refractivity contribution in [3.05, 3.63) is 22.4 Å². The van der Waals surface area contributed by atoms with Crippen LogP contribution in [-0.4, -0.2) is 16.2 Å². The van der Waals surface area contributed by atoms with Gasteiger partial charge >= 0.3 is 5.97 Å². The van der Waals surface area contributed by atoms with Crippen LogP contribution >= 0.6 is 11.3 Å². The number of carboxylic acid groups (broad SMARTS) is 1. The van der Waals surface area contributed by atoms with E-state index in [0.717, 1.165) is 0 Å². The van der Waals surface area contributed by atoms with Crippen molar-refractivity contribution in [2.75, 3.05) is 0 Å². The van der Waals surface area contributed by atoms with Gasteiger partial charge in [-0.05, 0) is 16.8 Å². The highest BCUT2D eigenvalue weighted by atomic mass is 32.1. The molecule has 0 saturated carbocycles. The van der Waals surface area contributed by atoms with Crippen LogP contribution in [0.25, 0.3) is 0 Å². The van der Waals surface area contributed by atoms with Gasteiger partial charge in [-0.25, -0.2) is 4.79 Å². The first-order valence-corrected chi connectivity index (χ1v) is 3.59. The summed E-state index contributed by atoms with van der Waals surface area (Å²) in [4.78, 5) is 10.2. The van der Waals surface area contributed by atoms with Crippen LogP contribution in [0.15, 0.2) is 16.8 Å². The Labute approximate surface area is 61.6 Å². The van der Waals surface area contributed by atoms with Crippen molar-refractivity contribution < 1.29 is 15.0 Å². The number of aliphatic hydroxyl groups excluding tert-OH is 1. The molecule has 2 N–H and O–H groups in total. The van der Waals surface area contributed by atoms with Crippen molar-refractivity contribution in [2.24, 2.45) is 0 Å². The van der Waals surface area contributed by atoms with E-state index in [1.165, 1.54) is 11.3 Å². The Balaban J connectivity index is 2.77. The summed E-state index contributed by atoms with van der Waals surface area (Å²) in [5, 5.41) is 20.5. The lowest BCUT2D eigenvalue weighted by Crippen LogP contribution is -2.08. The first kappa shape index (κ1) is 7.24. The lowest BCUT2D eigenvalue weighted by atomic mass is 10.2. The van der Waals surface area contributed by atoms with Crippen LogP contribution in [0.5, 0.6) is 0 Å². The fraction of sp³-hybridized carbons (Fsp3) is 0.167. The fourth-order valence-electron chi connectivity index (χ4n) is 0.573. The van der Waals surface area contributed by atoms with Crippen LogP contribution in [0, 0.1) is 0 Å². The second kappa shape index (κ2) is 2.81. The molecule has 0 spiro atoms. The second-order valence-electron chi connectivity index (χ2n) is 1.80. The molecule has 0 saturated heterocycles. The number of hydrogen-bond acceptors (Lipinski definition) is 3. The number of aliphatic hydroxyl groups is 1. The Kier molecular flexibility index (Phi) is 2.03. The first-order chi connectivity index (χ1) is 4.72. The highest BCUT2D eigenvalue weighted by Crippen LogP contribution is 2.15. The Bertz CT molecular complexity index is 217. The number of rotatable bonds is 2. The van der Waals surface area contributed by atoms with Gasteiger partial charge in [-0.15, -0.1) is 0 Å². The molecule has 1 rings (SSSR count). The van der Waals surface area contributed by atoms with Crippen LogP contribution in [0.2, 0.25) is 0 Å². The molecule has 10 heavy (non-hydrogen) atoms. The summed E-state index contributed by atoms with van der Waals surface area (Å²) >= 11 is 1.36. The second-order valence-corrected chi connectivity index (χ2v) is 2.58. The van der Waals surface area contributed by atoms with E-state index in [2.05, 4.69) is 0 Å². The van der Waals surface area contributed by atoms with E-state index in [4.69, 9.17) is 10.2 Å². The maximum absolute atomic E-state index is 10.2. The third kappa shape index (κ3) is 1.34. The third-order valence-electron chi connectivity index (χ3n) is 1.09. The Morgan fingerprint density at radius 2 is 2.40 bits per heavy atom. The predicted molar refractivity (Wildman–Crippen MR) is 36.9 cm³/mol. The van der Waals surface area contributed by atoms with Crippen molar-refractivity contribution >= 4 is 17.3 Å². The van der Waals surface area contributed by atoms with Gasteiger partial charge in [0.05, 0.1) is 0 Å². The number of thiophene rings is 1. The molecule has 0 unspecified atom stereocenters. The summed E-state index contributed by atoms with van der Waals surface area (Å²) in [6.07, 6.45) is -1.37. The Hall–Kier alpha value is -0.870. The van der Waals surface area contributed by atoms with Crippen molar-refractivity contribution in [2.45, 2.75) is 6.10 Å². The summed E-state index contributed by atoms with van der Waals surface area (Å²) < 4.78 is 0. The summed E-state index contributed by atoms with van der Waals surface area (Å²) in [6.45, 7) is 0. The van der Waals surface area contributed by atoms with Crippen LogP contribution in [0.4, 0.5) is 0 Å². The maximum Gasteiger partial charge on any atom is 0.337 e. The van der Waals surface area contributed by atoms with E-state index in [1.807, 2.05) is 0 Å². The highest BCUT2D eigenvalue weighted by molar-refractivity contribution is 7.08. The normalized spacial score (nSPS) is 12.9. The number of carbonyl (C=O) groups is 1. The number of hydrogen-bond donors (Lipinski definition) is 2.